The van der Waals surface area contributed by atoms with Crippen LogP contribution in [0.2, 0.25) is 5.02 Å². The van der Waals surface area contributed by atoms with Gasteiger partial charge in [0, 0.05) is 32.2 Å². The number of hydrogen-bond acceptors (Lipinski definition) is 3. The van der Waals surface area contributed by atoms with E-state index in [1.807, 2.05) is 19.1 Å². The molecule has 100 valence electrons. The Kier molecular flexibility index (Phi) is 4.87. The molecule has 0 bridgehead atoms. The lowest BCUT2D eigenvalue weighted by molar-refractivity contribution is 0.185. The fraction of sp³-hybridized carbons (Fsp3) is 0.571. The van der Waals surface area contributed by atoms with E-state index < -0.39 is 0 Å². The van der Waals surface area contributed by atoms with Crippen molar-refractivity contribution in [3.63, 3.8) is 0 Å². The van der Waals surface area contributed by atoms with Crippen LogP contribution in [-0.2, 0) is 0 Å². The highest BCUT2D eigenvalue weighted by molar-refractivity contribution is 6.32. The lowest BCUT2D eigenvalue weighted by atomic mass is 10.1. The van der Waals surface area contributed by atoms with Gasteiger partial charge in [-0.25, -0.2) is 0 Å². The van der Waals surface area contributed by atoms with Crippen molar-refractivity contribution < 1.29 is 4.74 Å². The molecule has 3 nitrogen and oxygen atoms in total. The summed E-state index contributed by atoms with van der Waals surface area (Å²) >= 11 is 6.24. The van der Waals surface area contributed by atoms with Crippen LogP contribution in [0.3, 0.4) is 0 Å². The van der Waals surface area contributed by atoms with Crippen LogP contribution in [0.25, 0.3) is 0 Å². The summed E-state index contributed by atoms with van der Waals surface area (Å²) in [6, 6.07) is 6.52. The first kappa shape index (κ1) is 13.7. The molecule has 1 aromatic rings. The molecule has 1 heterocycles. The second kappa shape index (κ2) is 6.41. The van der Waals surface area contributed by atoms with E-state index >= 15 is 0 Å². The summed E-state index contributed by atoms with van der Waals surface area (Å²) < 4.78 is 5.46. The second-order valence-electron chi connectivity index (χ2n) is 4.58. The highest BCUT2D eigenvalue weighted by Crippen LogP contribution is 2.30. The number of benzene rings is 1. The van der Waals surface area contributed by atoms with Crippen molar-refractivity contribution in [3.8, 4) is 5.75 Å². The monoisotopic (exact) mass is 268 g/mol. The molecule has 0 aromatic heterocycles. The number of nitrogens with one attached hydrogen (secondary N) is 1. The lowest BCUT2D eigenvalue weighted by Crippen LogP contribution is -2.44. The third-order valence-corrected chi connectivity index (χ3v) is 3.73. The minimum Gasteiger partial charge on any atom is -0.492 e. The SMILES string of the molecule is CCOc1ccc(C(C)N2CCNCC2)cc1Cl. The van der Waals surface area contributed by atoms with Gasteiger partial charge in [0.25, 0.3) is 0 Å². The standard InChI is InChI=1S/C14H21ClN2O/c1-3-18-14-5-4-12(10-13(14)15)11(2)17-8-6-16-7-9-17/h4-5,10-11,16H,3,6-9H2,1-2H3. The highest BCUT2D eigenvalue weighted by atomic mass is 35.5. The Morgan fingerprint density at radius 3 is 2.72 bits per heavy atom. The summed E-state index contributed by atoms with van der Waals surface area (Å²) in [6.45, 7) is 9.15. The quantitative estimate of drug-likeness (QED) is 0.909. The van der Waals surface area contributed by atoms with Crippen LogP contribution in [0.15, 0.2) is 18.2 Å². The zero-order valence-corrected chi connectivity index (χ0v) is 11.8. The van der Waals surface area contributed by atoms with Gasteiger partial charge in [0.05, 0.1) is 11.6 Å². The first-order valence-corrected chi connectivity index (χ1v) is 6.97. The topological polar surface area (TPSA) is 24.5 Å². The van der Waals surface area contributed by atoms with E-state index in [4.69, 9.17) is 16.3 Å². The van der Waals surface area contributed by atoms with Gasteiger partial charge in [-0.3, -0.25) is 4.90 Å². The van der Waals surface area contributed by atoms with Crippen LogP contribution in [0.4, 0.5) is 0 Å². The van der Waals surface area contributed by atoms with Crippen molar-refractivity contribution in [1.82, 2.24) is 10.2 Å². The van der Waals surface area contributed by atoms with Crippen LogP contribution in [0.5, 0.6) is 5.75 Å². The number of nitrogens with zero attached hydrogens (tertiary/aromatic N) is 1. The molecule has 1 atom stereocenters. The van der Waals surface area contributed by atoms with Gasteiger partial charge in [0.2, 0.25) is 0 Å². The average Bonchev–Trinajstić information content (AvgIpc) is 2.41. The fourth-order valence-electron chi connectivity index (χ4n) is 2.33. The summed E-state index contributed by atoms with van der Waals surface area (Å²) in [5.41, 5.74) is 1.25. The predicted molar refractivity (Wildman–Crippen MR) is 75.5 cm³/mol. The Bertz CT molecular complexity index is 391. The van der Waals surface area contributed by atoms with E-state index in [2.05, 4.69) is 23.2 Å². The zero-order valence-electron chi connectivity index (χ0n) is 11.1. The van der Waals surface area contributed by atoms with Gasteiger partial charge in [0.1, 0.15) is 5.75 Å². The predicted octanol–water partition coefficient (Wildman–Crippen LogP) is 2.70. The fourth-order valence-corrected chi connectivity index (χ4v) is 2.57. The number of halogens is 1. The number of ether oxygens (including phenoxy) is 1. The normalized spacial score (nSPS) is 18.6. The van der Waals surface area contributed by atoms with Crippen molar-refractivity contribution in [1.29, 1.82) is 0 Å². The van der Waals surface area contributed by atoms with E-state index in [1.165, 1.54) is 5.56 Å². The van der Waals surface area contributed by atoms with Gasteiger partial charge in [-0.15, -0.1) is 0 Å². The maximum Gasteiger partial charge on any atom is 0.137 e. The molecule has 2 rings (SSSR count). The first-order valence-electron chi connectivity index (χ1n) is 6.59. The summed E-state index contributed by atoms with van der Waals surface area (Å²) in [7, 11) is 0. The van der Waals surface area contributed by atoms with Crippen LogP contribution in [0.1, 0.15) is 25.5 Å². The largest absolute Gasteiger partial charge is 0.492 e. The molecule has 1 saturated heterocycles. The van der Waals surface area contributed by atoms with Gasteiger partial charge >= 0.3 is 0 Å². The van der Waals surface area contributed by atoms with Crippen molar-refractivity contribution >= 4 is 11.6 Å². The Hall–Kier alpha value is -0.770. The van der Waals surface area contributed by atoms with E-state index in [9.17, 15) is 0 Å². The third-order valence-electron chi connectivity index (χ3n) is 3.44. The van der Waals surface area contributed by atoms with Gasteiger partial charge in [-0.05, 0) is 31.5 Å². The Labute approximate surface area is 114 Å². The van der Waals surface area contributed by atoms with Gasteiger partial charge < -0.3 is 10.1 Å². The van der Waals surface area contributed by atoms with Crippen molar-refractivity contribution in [3.05, 3.63) is 28.8 Å². The molecule has 0 spiro atoms. The molecule has 1 aliphatic rings. The molecule has 1 N–H and O–H groups in total. The highest BCUT2D eigenvalue weighted by Gasteiger charge is 2.18. The molecule has 0 radical (unpaired) electrons. The molecule has 0 saturated carbocycles. The number of rotatable bonds is 4. The maximum atomic E-state index is 6.24. The van der Waals surface area contributed by atoms with Crippen LogP contribution in [-0.4, -0.2) is 37.7 Å². The van der Waals surface area contributed by atoms with Crippen LogP contribution in [0, 0.1) is 0 Å². The molecule has 18 heavy (non-hydrogen) atoms. The smallest absolute Gasteiger partial charge is 0.137 e. The molecule has 1 fully saturated rings. The van der Waals surface area contributed by atoms with Gasteiger partial charge in [0.15, 0.2) is 0 Å². The summed E-state index contributed by atoms with van der Waals surface area (Å²) in [6.07, 6.45) is 0. The van der Waals surface area contributed by atoms with Crippen LogP contribution < -0.4 is 10.1 Å². The molecule has 4 heteroatoms. The maximum absolute atomic E-state index is 6.24. The van der Waals surface area contributed by atoms with E-state index in [0.717, 1.165) is 31.9 Å². The van der Waals surface area contributed by atoms with Gasteiger partial charge in [-0.2, -0.15) is 0 Å². The summed E-state index contributed by atoms with van der Waals surface area (Å²) in [5, 5.41) is 4.08. The van der Waals surface area contributed by atoms with Crippen molar-refractivity contribution in [2.24, 2.45) is 0 Å². The Morgan fingerprint density at radius 2 is 2.11 bits per heavy atom. The van der Waals surface area contributed by atoms with E-state index in [0.29, 0.717) is 17.7 Å². The second-order valence-corrected chi connectivity index (χ2v) is 4.99. The molecule has 1 aromatic carbocycles. The van der Waals surface area contributed by atoms with E-state index in [-0.39, 0.29) is 0 Å². The first-order chi connectivity index (χ1) is 8.72. The van der Waals surface area contributed by atoms with E-state index in [1.54, 1.807) is 0 Å². The number of piperazine rings is 1. The molecule has 1 aliphatic heterocycles. The molecule has 0 aliphatic carbocycles. The molecular weight excluding hydrogens is 248 g/mol. The summed E-state index contributed by atoms with van der Waals surface area (Å²) in [4.78, 5) is 2.47. The minimum absolute atomic E-state index is 0.403. The third kappa shape index (κ3) is 3.16. The lowest BCUT2D eigenvalue weighted by Gasteiger charge is -2.33. The minimum atomic E-state index is 0.403. The van der Waals surface area contributed by atoms with Gasteiger partial charge in [-0.1, -0.05) is 17.7 Å². The number of hydrogen-bond donors (Lipinski definition) is 1. The summed E-state index contributed by atoms with van der Waals surface area (Å²) in [5.74, 6) is 0.774. The molecule has 0 amide bonds. The Morgan fingerprint density at radius 1 is 1.39 bits per heavy atom. The average molecular weight is 269 g/mol. The van der Waals surface area contributed by atoms with Crippen LogP contribution >= 0.6 is 11.6 Å². The zero-order chi connectivity index (χ0) is 13.0. The Balaban J connectivity index is 2.10. The molecular formula is C14H21ClN2O. The van der Waals surface area contributed by atoms with Crippen molar-refractivity contribution in [2.45, 2.75) is 19.9 Å². The molecule has 1 unspecified atom stereocenters. The van der Waals surface area contributed by atoms with Crippen molar-refractivity contribution in [2.75, 3.05) is 32.8 Å².